The first-order valence-corrected chi connectivity index (χ1v) is 14.7. The molecule has 4 aromatic rings. The zero-order chi connectivity index (χ0) is 28.8. The number of hydrogen-bond donors (Lipinski definition) is 1. The first kappa shape index (κ1) is 29.9. The lowest BCUT2D eigenvalue weighted by Crippen LogP contribution is -2.22. The lowest BCUT2D eigenvalue weighted by Gasteiger charge is -2.16. The molecule has 0 atom stereocenters. The molecule has 40 heavy (non-hydrogen) atoms. The first-order chi connectivity index (χ1) is 19.2. The third-order valence-corrected chi connectivity index (χ3v) is 8.21. The fourth-order valence-electron chi connectivity index (χ4n) is 3.82. The van der Waals surface area contributed by atoms with Crippen molar-refractivity contribution in [3.05, 3.63) is 89.5 Å². The van der Waals surface area contributed by atoms with Crippen LogP contribution in [0, 0.1) is 5.82 Å². The lowest BCUT2D eigenvalue weighted by molar-refractivity contribution is -0.118. The molecule has 208 valence electrons. The maximum Gasteiger partial charge on any atom is 0.282 e. The van der Waals surface area contributed by atoms with Crippen LogP contribution in [0.1, 0.15) is 31.7 Å². The van der Waals surface area contributed by atoms with Crippen LogP contribution in [0.4, 0.5) is 10.1 Å². The van der Waals surface area contributed by atoms with E-state index in [0.29, 0.717) is 61.5 Å². The highest BCUT2D eigenvalue weighted by molar-refractivity contribution is 9.13. The van der Waals surface area contributed by atoms with Gasteiger partial charge in [-0.15, -0.1) is 0 Å². The summed E-state index contributed by atoms with van der Waals surface area (Å²) in [7, 11) is 0. The van der Waals surface area contributed by atoms with E-state index in [-0.39, 0.29) is 12.2 Å². The summed E-state index contributed by atoms with van der Waals surface area (Å²) in [6.07, 6.45) is 2.88. The van der Waals surface area contributed by atoms with Gasteiger partial charge in [-0.05, 0) is 87.7 Å². The first-order valence-electron chi connectivity index (χ1n) is 12.3. The molecule has 12 heteroatoms. The van der Waals surface area contributed by atoms with Crippen LogP contribution >= 0.6 is 47.8 Å². The normalized spacial score (nSPS) is 11.2. The summed E-state index contributed by atoms with van der Waals surface area (Å²) in [6, 6.07) is 12.6. The predicted octanol–water partition coefficient (Wildman–Crippen LogP) is 7.07. The Morgan fingerprint density at radius 2 is 1.90 bits per heavy atom. The van der Waals surface area contributed by atoms with E-state index >= 15 is 0 Å². The van der Waals surface area contributed by atoms with Crippen LogP contribution < -0.4 is 20.3 Å². The van der Waals surface area contributed by atoms with Gasteiger partial charge in [0.1, 0.15) is 11.6 Å². The highest BCUT2D eigenvalue weighted by Crippen LogP contribution is 2.42. The van der Waals surface area contributed by atoms with E-state index in [2.05, 4.69) is 63.2 Å². The summed E-state index contributed by atoms with van der Waals surface area (Å²) in [5.41, 5.74) is 1.23. The smallest absolute Gasteiger partial charge is 0.282 e. The number of fused-ring (bicyclic) bond motifs is 1. The fraction of sp³-hybridized carbons (Fsp3) is 0.214. The number of carbonyl (C=O) groups is 1. The van der Waals surface area contributed by atoms with Gasteiger partial charge in [0.05, 0.1) is 28.2 Å². The van der Waals surface area contributed by atoms with E-state index in [4.69, 9.17) is 9.47 Å². The summed E-state index contributed by atoms with van der Waals surface area (Å²) in [6.45, 7) is 3.81. The number of benzene rings is 3. The number of rotatable bonds is 10. The molecule has 3 aromatic carbocycles. The van der Waals surface area contributed by atoms with Gasteiger partial charge in [-0.25, -0.2) is 9.37 Å². The summed E-state index contributed by atoms with van der Waals surface area (Å²) in [4.78, 5) is 30.4. The van der Waals surface area contributed by atoms with Gasteiger partial charge in [0.2, 0.25) is 0 Å². The lowest BCUT2D eigenvalue weighted by atomic mass is 10.2. The Hall–Kier alpha value is -3.09. The fourth-order valence-corrected chi connectivity index (χ4v) is 5.11. The number of nitrogens with one attached hydrogen (secondary N) is 1. The quantitative estimate of drug-likeness (QED) is 0.176. The molecule has 0 aliphatic carbocycles. The van der Waals surface area contributed by atoms with Crippen molar-refractivity contribution in [2.45, 2.75) is 26.7 Å². The Kier molecular flexibility index (Phi) is 10.1. The van der Waals surface area contributed by atoms with Crippen LogP contribution in [0.5, 0.6) is 11.5 Å². The molecule has 0 aliphatic rings. The minimum atomic E-state index is -0.472. The van der Waals surface area contributed by atoms with Gasteiger partial charge in [-0.2, -0.15) is 9.78 Å². The van der Waals surface area contributed by atoms with E-state index < -0.39 is 11.7 Å². The molecule has 0 unspecified atom stereocenters. The third kappa shape index (κ3) is 6.97. The summed E-state index contributed by atoms with van der Waals surface area (Å²) >= 11 is 10.5. The average molecular weight is 739 g/mol. The van der Waals surface area contributed by atoms with Gasteiger partial charge in [0.25, 0.3) is 11.5 Å². The van der Waals surface area contributed by atoms with Gasteiger partial charge < -0.3 is 14.8 Å². The predicted molar refractivity (Wildman–Crippen MR) is 164 cm³/mol. The molecular weight excluding hydrogens is 715 g/mol. The monoisotopic (exact) mass is 736 g/mol. The van der Waals surface area contributed by atoms with Crippen LogP contribution in [0.3, 0.4) is 0 Å². The number of hydrogen-bond acceptors (Lipinski definition) is 6. The third-order valence-electron chi connectivity index (χ3n) is 5.57. The Balaban J connectivity index is 1.65. The zero-order valence-electron chi connectivity index (χ0n) is 21.5. The average Bonchev–Trinajstić information content (AvgIpc) is 2.91. The molecule has 4 rings (SSSR count). The topological polar surface area (TPSA) is 94.8 Å². The van der Waals surface area contributed by atoms with Crippen LogP contribution in [-0.2, 0) is 11.2 Å². The Labute approximate surface area is 255 Å². The molecule has 0 fully saturated rings. The molecule has 0 saturated heterocycles. The number of halogens is 4. The molecular formula is C28H24Br3FN4O4. The van der Waals surface area contributed by atoms with Crippen LogP contribution in [-0.4, -0.2) is 35.0 Å². The molecule has 0 bridgehead atoms. The van der Waals surface area contributed by atoms with Gasteiger partial charge in [0, 0.05) is 26.6 Å². The zero-order valence-corrected chi connectivity index (χ0v) is 26.3. The van der Waals surface area contributed by atoms with Crippen molar-refractivity contribution in [2.24, 2.45) is 5.10 Å². The largest absolute Gasteiger partial charge is 0.490 e. The van der Waals surface area contributed by atoms with E-state index in [1.54, 1.807) is 24.3 Å². The number of amides is 1. The van der Waals surface area contributed by atoms with Crippen molar-refractivity contribution in [1.29, 1.82) is 0 Å². The molecule has 0 radical (unpaired) electrons. The van der Waals surface area contributed by atoms with Crippen LogP contribution in [0.15, 0.2) is 71.8 Å². The molecule has 8 nitrogen and oxygen atoms in total. The maximum absolute atomic E-state index is 13.4. The van der Waals surface area contributed by atoms with Crippen molar-refractivity contribution >= 4 is 76.5 Å². The minimum absolute atomic E-state index is 0.282. The maximum atomic E-state index is 13.4. The SMILES string of the molecule is CCCc1nc2ccc(Br)cc2c(=O)n1N=Cc1cc(OCC)c(OCC(=O)Nc2cccc(F)c2)c(Br)c1Br. The molecule has 1 heterocycles. The van der Waals surface area contributed by atoms with Gasteiger partial charge in [-0.3, -0.25) is 9.59 Å². The van der Waals surface area contributed by atoms with Crippen LogP contribution in [0.25, 0.3) is 10.9 Å². The van der Waals surface area contributed by atoms with Crippen molar-refractivity contribution in [2.75, 3.05) is 18.5 Å². The van der Waals surface area contributed by atoms with Crippen molar-refractivity contribution < 1.29 is 18.7 Å². The van der Waals surface area contributed by atoms with Gasteiger partial charge >= 0.3 is 0 Å². The molecule has 1 amide bonds. The minimum Gasteiger partial charge on any atom is -0.490 e. The molecule has 0 aliphatic heterocycles. The van der Waals surface area contributed by atoms with Gasteiger partial charge in [-0.1, -0.05) is 28.9 Å². The molecule has 1 N–H and O–H groups in total. The number of carbonyl (C=O) groups excluding carboxylic acids is 1. The van der Waals surface area contributed by atoms with Crippen molar-refractivity contribution in [1.82, 2.24) is 9.66 Å². The second-order valence-electron chi connectivity index (χ2n) is 8.50. The second kappa shape index (κ2) is 13.5. The second-order valence-corrected chi connectivity index (χ2v) is 11.0. The van der Waals surface area contributed by atoms with Crippen molar-refractivity contribution in [3.63, 3.8) is 0 Å². The van der Waals surface area contributed by atoms with E-state index in [0.717, 1.165) is 10.9 Å². The molecule has 1 aromatic heterocycles. The number of ether oxygens (including phenoxy) is 2. The molecule has 0 spiro atoms. The van der Waals surface area contributed by atoms with Crippen LogP contribution in [0.2, 0.25) is 0 Å². The Morgan fingerprint density at radius 1 is 1.10 bits per heavy atom. The highest BCUT2D eigenvalue weighted by atomic mass is 79.9. The number of nitrogens with zero attached hydrogens (tertiary/aromatic N) is 3. The summed E-state index contributed by atoms with van der Waals surface area (Å²) in [5.74, 6) is 0.265. The number of aryl methyl sites for hydroxylation is 1. The van der Waals surface area contributed by atoms with Crippen molar-refractivity contribution in [3.8, 4) is 11.5 Å². The molecule has 0 saturated carbocycles. The van der Waals surface area contributed by atoms with Gasteiger partial charge in [0.15, 0.2) is 18.1 Å². The standard InChI is InChI=1S/C28H24Br3FN4O4/c1-3-6-23-35-21-10-9-17(29)12-20(21)28(38)36(23)33-14-16-11-22(39-4-2)27(26(31)25(16)30)40-15-24(37)34-19-8-5-7-18(32)13-19/h5,7-14H,3-4,6,15H2,1-2H3,(H,34,37). The number of aromatic nitrogens is 2. The number of anilines is 1. The van der Waals surface area contributed by atoms with E-state index in [9.17, 15) is 14.0 Å². The summed E-state index contributed by atoms with van der Waals surface area (Å²) in [5, 5.41) is 7.53. The van der Waals surface area contributed by atoms with E-state index in [1.165, 1.54) is 29.1 Å². The Bertz CT molecular complexity index is 1660. The van der Waals surface area contributed by atoms with E-state index in [1.807, 2.05) is 19.9 Å². The highest BCUT2D eigenvalue weighted by Gasteiger charge is 2.19. The Morgan fingerprint density at radius 3 is 2.62 bits per heavy atom. The summed E-state index contributed by atoms with van der Waals surface area (Å²) < 4.78 is 28.1.